The van der Waals surface area contributed by atoms with Crippen LogP contribution in [0.3, 0.4) is 0 Å². The molecule has 0 saturated carbocycles. The molecule has 0 radical (unpaired) electrons. The normalized spacial score (nSPS) is 13.1. The summed E-state index contributed by atoms with van der Waals surface area (Å²) < 4.78 is 0. The Balaban J connectivity index is 3.21. The number of aryl methyl sites for hydroxylation is 2. The van der Waals surface area contributed by atoms with E-state index >= 15 is 0 Å². The van der Waals surface area contributed by atoms with Crippen molar-refractivity contribution in [2.24, 2.45) is 0 Å². The third kappa shape index (κ3) is 1.54. The van der Waals surface area contributed by atoms with Crippen molar-refractivity contribution >= 4 is 0 Å². The average Bonchev–Trinajstić information content (AvgIpc) is 1.85. The molecule has 60 valence electrons. The van der Waals surface area contributed by atoms with Gasteiger partial charge in [-0.15, -0.1) is 0 Å². The van der Waals surface area contributed by atoms with Crippen LogP contribution >= 0.6 is 0 Å². The maximum absolute atomic E-state index is 9.32. The summed E-state index contributed by atoms with van der Waals surface area (Å²) in [5.41, 5.74) is 2.69. The van der Waals surface area contributed by atoms with Crippen LogP contribution in [0.5, 0.6) is 0 Å². The van der Waals surface area contributed by atoms with Crippen LogP contribution in [-0.4, -0.2) is 15.3 Å². The molecule has 1 aromatic heterocycles. The van der Waals surface area contributed by atoms with E-state index in [1.165, 1.54) is 0 Å². The number of aromatic nitrogens is 2. The zero-order chi connectivity index (χ0) is 8.43. The van der Waals surface area contributed by atoms with Crippen LogP contribution in [0.25, 0.3) is 0 Å². The Kier molecular flexibility index (Phi) is 2.19. The van der Waals surface area contributed by atoms with Gasteiger partial charge in [-0.25, -0.2) is 0 Å². The summed E-state index contributed by atoms with van der Waals surface area (Å²) in [4.78, 5) is 0. The third-order valence-corrected chi connectivity index (χ3v) is 1.69. The minimum Gasteiger partial charge on any atom is -0.389 e. The zero-order valence-electron chi connectivity index (χ0n) is 7.00. The van der Waals surface area contributed by atoms with Crippen LogP contribution in [0.15, 0.2) is 6.20 Å². The molecule has 1 N–H and O–H groups in total. The summed E-state index contributed by atoms with van der Waals surface area (Å²) in [7, 11) is 0. The van der Waals surface area contributed by atoms with Gasteiger partial charge in [-0.3, -0.25) is 0 Å². The molecule has 1 aromatic rings. The van der Waals surface area contributed by atoms with Crippen molar-refractivity contribution in [2.45, 2.75) is 26.9 Å². The van der Waals surface area contributed by atoms with Crippen LogP contribution in [0.4, 0.5) is 0 Å². The lowest BCUT2D eigenvalue weighted by molar-refractivity contribution is 0.197. The first kappa shape index (κ1) is 8.14. The van der Waals surface area contributed by atoms with Crippen LogP contribution in [0.1, 0.15) is 29.8 Å². The molecule has 1 rings (SSSR count). The molecule has 1 heterocycles. The lowest BCUT2D eigenvalue weighted by Gasteiger charge is -2.09. The molecule has 0 aliphatic carbocycles. The van der Waals surface area contributed by atoms with E-state index in [1.54, 1.807) is 13.1 Å². The van der Waals surface area contributed by atoms with Gasteiger partial charge in [0.2, 0.25) is 0 Å². The second-order valence-corrected chi connectivity index (χ2v) is 2.70. The van der Waals surface area contributed by atoms with E-state index in [4.69, 9.17) is 0 Å². The average molecular weight is 152 g/mol. The molecule has 1 atom stereocenters. The number of aliphatic hydroxyl groups is 1. The maximum atomic E-state index is 9.32. The minimum absolute atomic E-state index is 0.453. The Bertz CT molecular complexity index is 238. The SMILES string of the molecule is Cc1cnnc(C)c1C(C)O. The Morgan fingerprint density at radius 1 is 1.45 bits per heavy atom. The first-order chi connectivity index (χ1) is 5.13. The lowest BCUT2D eigenvalue weighted by atomic mass is 10.1. The maximum Gasteiger partial charge on any atom is 0.0783 e. The summed E-state index contributed by atoms with van der Waals surface area (Å²) in [6, 6.07) is 0. The fourth-order valence-corrected chi connectivity index (χ4v) is 1.24. The van der Waals surface area contributed by atoms with E-state index in [0.717, 1.165) is 16.8 Å². The first-order valence-corrected chi connectivity index (χ1v) is 3.59. The Morgan fingerprint density at radius 2 is 2.09 bits per heavy atom. The number of aliphatic hydroxyl groups excluding tert-OH is 1. The fourth-order valence-electron chi connectivity index (χ4n) is 1.24. The van der Waals surface area contributed by atoms with E-state index in [9.17, 15) is 5.11 Å². The summed E-state index contributed by atoms with van der Waals surface area (Å²) in [6.45, 7) is 5.50. The quantitative estimate of drug-likeness (QED) is 0.656. The van der Waals surface area contributed by atoms with Crippen LogP contribution in [0, 0.1) is 13.8 Å². The molecule has 0 amide bonds. The van der Waals surface area contributed by atoms with E-state index in [1.807, 2.05) is 13.8 Å². The summed E-state index contributed by atoms with van der Waals surface area (Å²) in [5.74, 6) is 0. The second-order valence-electron chi connectivity index (χ2n) is 2.70. The smallest absolute Gasteiger partial charge is 0.0783 e. The molecule has 3 heteroatoms. The van der Waals surface area contributed by atoms with E-state index < -0.39 is 6.10 Å². The van der Waals surface area contributed by atoms with Crippen molar-refractivity contribution in [3.8, 4) is 0 Å². The molecule has 0 bridgehead atoms. The molecule has 0 fully saturated rings. The molecule has 11 heavy (non-hydrogen) atoms. The van der Waals surface area contributed by atoms with Gasteiger partial charge in [0, 0.05) is 5.56 Å². The molecule has 0 aliphatic rings. The van der Waals surface area contributed by atoms with E-state index in [2.05, 4.69) is 10.2 Å². The topological polar surface area (TPSA) is 46.0 Å². The molecule has 0 spiro atoms. The molecule has 0 aromatic carbocycles. The van der Waals surface area contributed by atoms with Crippen LogP contribution < -0.4 is 0 Å². The molecule has 3 nitrogen and oxygen atoms in total. The molecule has 1 unspecified atom stereocenters. The van der Waals surface area contributed by atoms with Gasteiger partial charge in [0.25, 0.3) is 0 Å². The summed E-state index contributed by atoms with van der Waals surface area (Å²) >= 11 is 0. The largest absolute Gasteiger partial charge is 0.389 e. The van der Waals surface area contributed by atoms with Crippen LogP contribution in [0.2, 0.25) is 0 Å². The highest BCUT2D eigenvalue weighted by atomic mass is 16.3. The van der Waals surface area contributed by atoms with Crippen molar-refractivity contribution in [3.63, 3.8) is 0 Å². The van der Waals surface area contributed by atoms with Gasteiger partial charge in [0.05, 0.1) is 18.0 Å². The molecule has 0 saturated heterocycles. The monoisotopic (exact) mass is 152 g/mol. The van der Waals surface area contributed by atoms with E-state index in [0.29, 0.717) is 0 Å². The van der Waals surface area contributed by atoms with Gasteiger partial charge in [-0.2, -0.15) is 10.2 Å². The van der Waals surface area contributed by atoms with Gasteiger partial charge in [0.15, 0.2) is 0 Å². The number of rotatable bonds is 1. The first-order valence-electron chi connectivity index (χ1n) is 3.59. The fraction of sp³-hybridized carbons (Fsp3) is 0.500. The standard InChI is InChI=1S/C8H12N2O/c1-5-4-9-10-6(2)8(5)7(3)11/h4,7,11H,1-3H3. The van der Waals surface area contributed by atoms with Crippen molar-refractivity contribution < 1.29 is 5.11 Å². The number of hydrogen-bond acceptors (Lipinski definition) is 3. The molecular weight excluding hydrogens is 140 g/mol. The Morgan fingerprint density at radius 3 is 2.45 bits per heavy atom. The Hall–Kier alpha value is -0.960. The van der Waals surface area contributed by atoms with Gasteiger partial charge in [-0.1, -0.05) is 0 Å². The van der Waals surface area contributed by atoms with Gasteiger partial charge < -0.3 is 5.11 Å². The highest BCUT2D eigenvalue weighted by Gasteiger charge is 2.08. The number of nitrogens with zero attached hydrogens (tertiary/aromatic N) is 2. The van der Waals surface area contributed by atoms with Crippen molar-refractivity contribution in [3.05, 3.63) is 23.0 Å². The van der Waals surface area contributed by atoms with Crippen molar-refractivity contribution in [2.75, 3.05) is 0 Å². The van der Waals surface area contributed by atoms with Gasteiger partial charge >= 0.3 is 0 Å². The van der Waals surface area contributed by atoms with Crippen molar-refractivity contribution in [1.29, 1.82) is 0 Å². The summed E-state index contributed by atoms with van der Waals surface area (Å²) in [6.07, 6.45) is 1.21. The predicted octanol–water partition coefficient (Wildman–Crippen LogP) is 1.15. The molecular formula is C8H12N2O. The lowest BCUT2D eigenvalue weighted by Crippen LogP contribution is -2.02. The predicted molar refractivity (Wildman–Crippen MR) is 42.1 cm³/mol. The second kappa shape index (κ2) is 2.96. The third-order valence-electron chi connectivity index (χ3n) is 1.69. The van der Waals surface area contributed by atoms with Gasteiger partial charge in [0.1, 0.15) is 0 Å². The summed E-state index contributed by atoms with van der Waals surface area (Å²) in [5, 5.41) is 16.9. The highest BCUT2D eigenvalue weighted by molar-refractivity contribution is 5.27. The van der Waals surface area contributed by atoms with Gasteiger partial charge in [-0.05, 0) is 26.3 Å². The Labute approximate surface area is 66.1 Å². The highest BCUT2D eigenvalue weighted by Crippen LogP contribution is 2.17. The van der Waals surface area contributed by atoms with E-state index in [-0.39, 0.29) is 0 Å². The van der Waals surface area contributed by atoms with Crippen LogP contribution in [-0.2, 0) is 0 Å². The number of hydrogen-bond donors (Lipinski definition) is 1. The van der Waals surface area contributed by atoms with Crippen molar-refractivity contribution in [1.82, 2.24) is 10.2 Å². The zero-order valence-corrected chi connectivity index (χ0v) is 7.00. The molecule has 0 aliphatic heterocycles. The minimum atomic E-state index is -0.453.